The third-order valence-corrected chi connectivity index (χ3v) is 4.99. The summed E-state index contributed by atoms with van der Waals surface area (Å²) in [5.41, 5.74) is 2.54. The fraction of sp³-hybridized carbons (Fsp3) is 0.400. The molecule has 1 aromatic heterocycles. The van der Waals surface area contributed by atoms with Crippen molar-refractivity contribution in [2.24, 2.45) is 5.92 Å². The van der Waals surface area contributed by atoms with Gasteiger partial charge in [-0.15, -0.1) is 11.8 Å². The van der Waals surface area contributed by atoms with Crippen LogP contribution in [0.5, 0.6) is 5.75 Å². The number of fused-ring (bicyclic) bond motifs is 3. The van der Waals surface area contributed by atoms with Gasteiger partial charge >= 0.3 is 0 Å². The molecule has 3 heteroatoms. The van der Waals surface area contributed by atoms with Crippen LogP contribution in [-0.2, 0) is 6.42 Å². The van der Waals surface area contributed by atoms with Crippen LogP contribution in [0.1, 0.15) is 18.9 Å². The van der Waals surface area contributed by atoms with Gasteiger partial charge in [0.1, 0.15) is 5.75 Å². The van der Waals surface area contributed by atoms with Crippen molar-refractivity contribution in [2.45, 2.75) is 24.7 Å². The molecule has 0 saturated carbocycles. The minimum atomic E-state index is 0.791. The van der Waals surface area contributed by atoms with E-state index >= 15 is 0 Å². The zero-order chi connectivity index (χ0) is 12.5. The molecule has 0 N–H and O–H groups in total. The zero-order valence-corrected chi connectivity index (χ0v) is 11.6. The lowest BCUT2D eigenvalue weighted by Gasteiger charge is -2.24. The van der Waals surface area contributed by atoms with Crippen LogP contribution in [-0.4, -0.2) is 17.8 Å². The standard InChI is InChI=1S/C15H17NOS/c1-3-10-6-13-12-7-11(17-2)4-5-14(12)16-8-15(13)18-9-10/h4-5,7-8,10H,3,6,9H2,1-2H3. The Hall–Kier alpha value is -1.22. The second-order valence-corrected chi connectivity index (χ2v) is 5.84. The van der Waals surface area contributed by atoms with Gasteiger partial charge in [-0.2, -0.15) is 0 Å². The van der Waals surface area contributed by atoms with Crippen molar-refractivity contribution >= 4 is 22.7 Å². The van der Waals surface area contributed by atoms with E-state index in [0.29, 0.717) is 0 Å². The minimum absolute atomic E-state index is 0.791. The number of hydrogen-bond acceptors (Lipinski definition) is 3. The van der Waals surface area contributed by atoms with Gasteiger partial charge in [0.25, 0.3) is 0 Å². The number of hydrogen-bond donors (Lipinski definition) is 0. The zero-order valence-electron chi connectivity index (χ0n) is 10.8. The maximum absolute atomic E-state index is 5.33. The molecule has 94 valence electrons. The Balaban J connectivity index is 2.16. The summed E-state index contributed by atoms with van der Waals surface area (Å²) >= 11 is 1.95. The number of ether oxygens (including phenoxy) is 1. The molecule has 1 atom stereocenters. The maximum Gasteiger partial charge on any atom is 0.119 e. The average molecular weight is 259 g/mol. The van der Waals surface area contributed by atoms with Gasteiger partial charge in [0.05, 0.1) is 12.6 Å². The third kappa shape index (κ3) is 1.97. The molecule has 3 rings (SSSR count). The molecule has 2 heterocycles. The van der Waals surface area contributed by atoms with Crippen LogP contribution in [0.4, 0.5) is 0 Å². The predicted octanol–water partition coefficient (Wildman–Crippen LogP) is 3.92. The van der Waals surface area contributed by atoms with E-state index in [2.05, 4.69) is 24.0 Å². The first-order valence-electron chi connectivity index (χ1n) is 6.40. The first-order chi connectivity index (χ1) is 8.81. The summed E-state index contributed by atoms with van der Waals surface area (Å²) in [6.45, 7) is 2.28. The second-order valence-electron chi connectivity index (χ2n) is 4.77. The fourth-order valence-electron chi connectivity index (χ4n) is 2.49. The van der Waals surface area contributed by atoms with Crippen LogP contribution in [0.15, 0.2) is 29.3 Å². The SMILES string of the molecule is CCC1CSc2cnc3ccc(OC)cc3c2C1. The summed E-state index contributed by atoms with van der Waals surface area (Å²) in [6, 6.07) is 6.16. The molecule has 0 bridgehead atoms. The number of thioether (sulfide) groups is 1. The van der Waals surface area contributed by atoms with Gasteiger partial charge in [-0.05, 0) is 36.1 Å². The maximum atomic E-state index is 5.33. The lowest BCUT2D eigenvalue weighted by molar-refractivity contribution is 0.415. The van der Waals surface area contributed by atoms with E-state index < -0.39 is 0 Å². The van der Waals surface area contributed by atoms with Crippen molar-refractivity contribution in [3.05, 3.63) is 30.0 Å². The molecule has 0 radical (unpaired) electrons. The Labute approximate surface area is 112 Å². The number of nitrogens with zero attached hydrogens (tertiary/aromatic N) is 1. The second kappa shape index (κ2) is 4.81. The summed E-state index contributed by atoms with van der Waals surface area (Å²) in [5.74, 6) is 2.93. The van der Waals surface area contributed by atoms with Crippen LogP contribution in [0, 0.1) is 5.92 Å². The molecule has 2 nitrogen and oxygen atoms in total. The van der Waals surface area contributed by atoms with Crippen molar-refractivity contribution in [1.82, 2.24) is 4.98 Å². The quantitative estimate of drug-likeness (QED) is 0.816. The van der Waals surface area contributed by atoms with E-state index in [0.717, 1.165) is 17.2 Å². The summed E-state index contributed by atoms with van der Waals surface area (Å²) in [4.78, 5) is 5.89. The van der Waals surface area contributed by atoms with E-state index in [9.17, 15) is 0 Å². The number of benzene rings is 1. The van der Waals surface area contributed by atoms with Crippen LogP contribution < -0.4 is 4.74 Å². The van der Waals surface area contributed by atoms with E-state index in [1.807, 2.05) is 24.0 Å². The van der Waals surface area contributed by atoms with Crippen LogP contribution >= 0.6 is 11.8 Å². The largest absolute Gasteiger partial charge is 0.497 e. The molecule has 1 unspecified atom stereocenters. The molecule has 1 aromatic carbocycles. The topological polar surface area (TPSA) is 22.1 Å². The highest BCUT2D eigenvalue weighted by molar-refractivity contribution is 7.99. The molecular weight excluding hydrogens is 242 g/mol. The fourth-order valence-corrected chi connectivity index (χ4v) is 3.75. The van der Waals surface area contributed by atoms with E-state index in [1.165, 1.54) is 34.4 Å². The molecule has 1 aliphatic rings. The molecule has 0 spiro atoms. The van der Waals surface area contributed by atoms with Gasteiger partial charge in [0, 0.05) is 22.2 Å². The molecule has 18 heavy (non-hydrogen) atoms. The first kappa shape index (κ1) is 11.8. The van der Waals surface area contributed by atoms with Gasteiger partial charge in [0.15, 0.2) is 0 Å². The normalized spacial score (nSPS) is 18.7. The predicted molar refractivity (Wildman–Crippen MR) is 76.5 cm³/mol. The Bertz CT molecular complexity index is 577. The summed E-state index contributed by atoms with van der Waals surface area (Å²) in [5, 5.41) is 1.26. The molecule has 1 aliphatic heterocycles. The van der Waals surface area contributed by atoms with Gasteiger partial charge in [0.2, 0.25) is 0 Å². The number of rotatable bonds is 2. The number of pyridine rings is 1. The third-order valence-electron chi connectivity index (χ3n) is 3.69. The summed E-state index contributed by atoms with van der Waals surface area (Å²) < 4.78 is 5.33. The highest BCUT2D eigenvalue weighted by Gasteiger charge is 2.20. The first-order valence-corrected chi connectivity index (χ1v) is 7.38. The molecule has 0 amide bonds. The summed E-state index contributed by atoms with van der Waals surface area (Å²) in [6.07, 6.45) is 4.45. The van der Waals surface area contributed by atoms with Crippen molar-refractivity contribution in [3.63, 3.8) is 0 Å². The Morgan fingerprint density at radius 3 is 3.11 bits per heavy atom. The molecule has 0 aliphatic carbocycles. The average Bonchev–Trinajstić information content (AvgIpc) is 2.45. The highest BCUT2D eigenvalue weighted by atomic mass is 32.2. The Kier molecular flexibility index (Phi) is 3.16. The Morgan fingerprint density at radius 1 is 1.44 bits per heavy atom. The molecule has 0 saturated heterocycles. The molecule has 2 aromatic rings. The van der Waals surface area contributed by atoms with Crippen LogP contribution in [0.2, 0.25) is 0 Å². The molecular formula is C15H17NOS. The Morgan fingerprint density at radius 2 is 2.33 bits per heavy atom. The van der Waals surface area contributed by atoms with Gasteiger partial charge < -0.3 is 4.74 Å². The smallest absolute Gasteiger partial charge is 0.119 e. The van der Waals surface area contributed by atoms with Gasteiger partial charge in [-0.25, -0.2) is 0 Å². The minimum Gasteiger partial charge on any atom is -0.497 e. The van der Waals surface area contributed by atoms with E-state index in [4.69, 9.17) is 4.74 Å². The lowest BCUT2D eigenvalue weighted by atomic mass is 9.95. The van der Waals surface area contributed by atoms with Crippen LogP contribution in [0.3, 0.4) is 0 Å². The van der Waals surface area contributed by atoms with Gasteiger partial charge in [-0.1, -0.05) is 13.3 Å². The number of aromatic nitrogens is 1. The highest BCUT2D eigenvalue weighted by Crippen LogP contribution is 2.38. The van der Waals surface area contributed by atoms with Crippen molar-refractivity contribution < 1.29 is 4.74 Å². The number of methoxy groups -OCH3 is 1. The lowest BCUT2D eigenvalue weighted by Crippen LogP contribution is -2.13. The van der Waals surface area contributed by atoms with Crippen molar-refractivity contribution in [1.29, 1.82) is 0 Å². The van der Waals surface area contributed by atoms with Crippen LogP contribution in [0.25, 0.3) is 10.9 Å². The van der Waals surface area contributed by atoms with Gasteiger partial charge in [-0.3, -0.25) is 4.98 Å². The monoisotopic (exact) mass is 259 g/mol. The molecule has 0 fully saturated rings. The van der Waals surface area contributed by atoms with E-state index in [1.54, 1.807) is 7.11 Å². The van der Waals surface area contributed by atoms with E-state index in [-0.39, 0.29) is 0 Å². The summed E-state index contributed by atoms with van der Waals surface area (Å²) in [7, 11) is 1.72. The van der Waals surface area contributed by atoms with Crippen molar-refractivity contribution in [2.75, 3.05) is 12.9 Å². The van der Waals surface area contributed by atoms with Crippen molar-refractivity contribution in [3.8, 4) is 5.75 Å².